The fraction of sp³-hybridized carbons (Fsp3) is 0.938. The number of amides is 1. The average Bonchev–Trinajstić information content (AvgIpc) is 2.95. The van der Waals surface area contributed by atoms with Crippen molar-refractivity contribution < 1.29 is 9.53 Å². The Bertz CT molecular complexity index is 328. The first kappa shape index (κ1) is 18.7. The summed E-state index contributed by atoms with van der Waals surface area (Å²) < 4.78 is 5.58. The number of hydrogen-bond donors (Lipinski definition) is 2. The first-order chi connectivity index (χ1) is 9.66. The number of carbonyl (C=O) groups is 1. The summed E-state index contributed by atoms with van der Waals surface area (Å²) in [6.07, 6.45) is 6.32. The van der Waals surface area contributed by atoms with Crippen LogP contribution in [0.15, 0.2) is 0 Å². The molecule has 2 N–H and O–H groups in total. The maximum Gasteiger partial charge on any atom is 0.220 e. The predicted octanol–water partition coefficient (Wildman–Crippen LogP) is 2.51. The summed E-state index contributed by atoms with van der Waals surface area (Å²) in [5.74, 6) is 0.915. The van der Waals surface area contributed by atoms with Crippen molar-refractivity contribution in [1.29, 1.82) is 0 Å². The summed E-state index contributed by atoms with van der Waals surface area (Å²) in [6.45, 7) is 6.60. The van der Waals surface area contributed by atoms with Crippen LogP contribution in [0.1, 0.15) is 52.4 Å². The van der Waals surface area contributed by atoms with Gasteiger partial charge >= 0.3 is 0 Å². The number of carbonyl (C=O) groups excluding carboxylic acids is 1. The molecule has 2 fully saturated rings. The molecule has 21 heavy (non-hydrogen) atoms. The molecular formula is C16H31ClN2O2. The van der Waals surface area contributed by atoms with Gasteiger partial charge in [0.05, 0.1) is 6.10 Å². The molecule has 4 nitrogen and oxygen atoms in total. The lowest BCUT2D eigenvalue weighted by atomic mass is 9.58. The van der Waals surface area contributed by atoms with Gasteiger partial charge in [-0.3, -0.25) is 4.79 Å². The van der Waals surface area contributed by atoms with Crippen molar-refractivity contribution in [2.45, 2.75) is 64.5 Å². The van der Waals surface area contributed by atoms with Crippen LogP contribution in [0, 0.1) is 11.3 Å². The molecule has 0 aromatic carbocycles. The molecule has 0 aromatic rings. The van der Waals surface area contributed by atoms with Crippen LogP contribution in [0.2, 0.25) is 0 Å². The van der Waals surface area contributed by atoms with Gasteiger partial charge < -0.3 is 15.4 Å². The lowest BCUT2D eigenvalue weighted by molar-refractivity contribution is -0.141. The third-order valence-electron chi connectivity index (χ3n) is 5.66. The van der Waals surface area contributed by atoms with Gasteiger partial charge in [-0.15, -0.1) is 12.4 Å². The quantitative estimate of drug-likeness (QED) is 0.758. The van der Waals surface area contributed by atoms with Crippen LogP contribution < -0.4 is 10.6 Å². The van der Waals surface area contributed by atoms with E-state index in [0.717, 1.165) is 38.8 Å². The topological polar surface area (TPSA) is 50.4 Å². The van der Waals surface area contributed by atoms with E-state index in [1.807, 2.05) is 0 Å². The summed E-state index contributed by atoms with van der Waals surface area (Å²) in [7, 11) is 1.79. The SMILES string of the molecule is CCC1(CC)C(NC(=O)CCC2CCNC2)CC1OC.Cl. The molecule has 1 aliphatic carbocycles. The zero-order valence-corrected chi connectivity index (χ0v) is 14.4. The molecule has 1 amide bonds. The minimum Gasteiger partial charge on any atom is -0.381 e. The highest BCUT2D eigenvalue weighted by Gasteiger charge is 2.53. The van der Waals surface area contributed by atoms with E-state index in [4.69, 9.17) is 4.74 Å². The molecule has 0 aromatic heterocycles. The second-order valence-electron chi connectivity index (χ2n) is 6.42. The molecule has 5 heteroatoms. The number of hydrogen-bond acceptors (Lipinski definition) is 3. The number of rotatable bonds is 7. The average molecular weight is 319 g/mol. The largest absolute Gasteiger partial charge is 0.381 e. The van der Waals surface area contributed by atoms with Crippen molar-refractivity contribution in [3.8, 4) is 0 Å². The van der Waals surface area contributed by atoms with Gasteiger partial charge in [-0.25, -0.2) is 0 Å². The Hall–Kier alpha value is -0.320. The van der Waals surface area contributed by atoms with Crippen LogP contribution in [-0.2, 0) is 9.53 Å². The van der Waals surface area contributed by atoms with E-state index >= 15 is 0 Å². The van der Waals surface area contributed by atoms with Crippen LogP contribution in [-0.4, -0.2) is 38.3 Å². The van der Waals surface area contributed by atoms with E-state index in [9.17, 15) is 4.79 Å². The van der Waals surface area contributed by atoms with Crippen molar-refractivity contribution in [3.63, 3.8) is 0 Å². The molecule has 1 saturated heterocycles. The minimum absolute atomic E-state index is 0. The Morgan fingerprint density at radius 2 is 2.10 bits per heavy atom. The summed E-state index contributed by atoms with van der Waals surface area (Å²) in [5.41, 5.74) is 0.152. The van der Waals surface area contributed by atoms with Crippen LogP contribution in [0.3, 0.4) is 0 Å². The Morgan fingerprint density at radius 3 is 2.62 bits per heavy atom. The van der Waals surface area contributed by atoms with Gasteiger partial charge in [0.15, 0.2) is 0 Å². The Kier molecular flexibility index (Phi) is 7.45. The van der Waals surface area contributed by atoms with Gasteiger partial charge in [-0.05, 0) is 51.1 Å². The Labute approximate surface area is 135 Å². The third kappa shape index (κ3) is 3.91. The first-order valence-electron chi connectivity index (χ1n) is 8.19. The molecule has 0 bridgehead atoms. The molecule has 1 saturated carbocycles. The summed E-state index contributed by atoms with van der Waals surface area (Å²) in [6, 6.07) is 0.302. The molecule has 2 aliphatic rings. The van der Waals surface area contributed by atoms with Crippen LogP contribution in [0.5, 0.6) is 0 Å². The fourth-order valence-corrected chi connectivity index (χ4v) is 4.04. The van der Waals surface area contributed by atoms with Crippen LogP contribution in [0.4, 0.5) is 0 Å². The van der Waals surface area contributed by atoms with Crippen molar-refractivity contribution >= 4 is 18.3 Å². The maximum absolute atomic E-state index is 12.1. The number of nitrogens with one attached hydrogen (secondary N) is 2. The van der Waals surface area contributed by atoms with E-state index in [-0.39, 0.29) is 23.7 Å². The number of methoxy groups -OCH3 is 1. The lowest BCUT2D eigenvalue weighted by Crippen LogP contribution is -2.64. The van der Waals surface area contributed by atoms with Crippen molar-refractivity contribution in [1.82, 2.24) is 10.6 Å². The number of halogens is 1. The predicted molar refractivity (Wildman–Crippen MR) is 87.8 cm³/mol. The van der Waals surface area contributed by atoms with E-state index in [0.29, 0.717) is 24.5 Å². The zero-order valence-electron chi connectivity index (χ0n) is 13.6. The molecular weight excluding hydrogens is 288 g/mol. The highest BCUT2D eigenvalue weighted by atomic mass is 35.5. The van der Waals surface area contributed by atoms with E-state index in [2.05, 4.69) is 24.5 Å². The Morgan fingerprint density at radius 1 is 1.38 bits per heavy atom. The zero-order chi connectivity index (χ0) is 14.6. The van der Waals surface area contributed by atoms with E-state index < -0.39 is 0 Å². The molecule has 1 aliphatic heterocycles. The van der Waals surface area contributed by atoms with Gasteiger partial charge in [0.1, 0.15) is 0 Å². The molecule has 1 heterocycles. The van der Waals surface area contributed by atoms with Gasteiger partial charge in [0.2, 0.25) is 5.91 Å². The molecule has 0 radical (unpaired) electrons. The lowest BCUT2D eigenvalue weighted by Gasteiger charge is -2.55. The van der Waals surface area contributed by atoms with Gasteiger partial charge in [0, 0.05) is 25.0 Å². The van der Waals surface area contributed by atoms with Gasteiger partial charge in [0.25, 0.3) is 0 Å². The van der Waals surface area contributed by atoms with Gasteiger partial charge in [-0.1, -0.05) is 13.8 Å². The first-order valence-corrected chi connectivity index (χ1v) is 8.19. The summed E-state index contributed by atoms with van der Waals surface area (Å²) in [4.78, 5) is 12.1. The normalized spacial score (nSPS) is 30.3. The monoisotopic (exact) mass is 318 g/mol. The fourth-order valence-electron chi connectivity index (χ4n) is 4.04. The molecule has 2 rings (SSSR count). The Balaban J connectivity index is 0.00000220. The van der Waals surface area contributed by atoms with Gasteiger partial charge in [-0.2, -0.15) is 0 Å². The molecule has 3 unspecified atom stereocenters. The second-order valence-corrected chi connectivity index (χ2v) is 6.42. The standard InChI is InChI=1S/C16H30N2O2.ClH/c1-4-16(5-2)13(10-14(16)20-3)18-15(19)7-6-12-8-9-17-11-12;/h12-14,17H,4-11H2,1-3H3,(H,18,19);1H. The third-order valence-corrected chi connectivity index (χ3v) is 5.66. The van der Waals surface area contributed by atoms with Crippen molar-refractivity contribution in [2.75, 3.05) is 20.2 Å². The van der Waals surface area contributed by atoms with Crippen LogP contribution >= 0.6 is 12.4 Å². The van der Waals surface area contributed by atoms with Crippen molar-refractivity contribution in [3.05, 3.63) is 0 Å². The van der Waals surface area contributed by atoms with E-state index in [1.54, 1.807) is 7.11 Å². The minimum atomic E-state index is 0. The maximum atomic E-state index is 12.1. The molecule has 3 atom stereocenters. The highest BCUT2D eigenvalue weighted by Crippen LogP contribution is 2.48. The summed E-state index contributed by atoms with van der Waals surface area (Å²) >= 11 is 0. The second kappa shape index (κ2) is 8.35. The smallest absolute Gasteiger partial charge is 0.220 e. The molecule has 124 valence electrons. The summed E-state index contributed by atoms with van der Waals surface area (Å²) in [5, 5.41) is 6.61. The number of ether oxygens (including phenoxy) is 1. The van der Waals surface area contributed by atoms with Crippen molar-refractivity contribution in [2.24, 2.45) is 11.3 Å². The highest BCUT2D eigenvalue weighted by molar-refractivity contribution is 5.85. The molecule has 0 spiro atoms. The van der Waals surface area contributed by atoms with Crippen LogP contribution in [0.25, 0.3) is 0 Å². The van der Waals surface area contributed by atoms with E-state index in [1.165, 1.54) is 6.42 Å².